The van der Waals surface area contributed by atoms with Gasteiger partial charge in [0.1, 0.15) is 5.82 Å². The number of aromatic nitrogens is 3. The summed E-state index contributed by atoms with van der Waals surface area (Å²) in [6.07, 6.45) is 2.61. The van der Waals surface area contributed by atoms with Gasteiger partial charge in [-0.3, -0.25) is 0 Å². The van der Waals surface area contributed by atoms with Gasteiger partial charge in [-0.05, 0) is 31.7 Å². The van der Waals surface area contributed by atoms with E-state index in [0.29, 0.717) is 11.8 Å². The molecule has 1 fully saturated rings. The van der Waals surface area contributed by atoms with Crippen LogP contribution in [0.3, 0.4) is 0 Å². The van der Waals surface area contributed by atoms with E-state index in [-0.39, 0.29) is 0 Å². The van der Waals surface area contributed by atoms with E-state index in [1.165, 1.54) is 11.9 Å². The maximum atomic E-state index is 7.24. The highest BCUT2D eigenvalue weighted by Gasteiger charge is 2.38. The lowest BCUT2D eigenvalue weighted by Gasteiger charge is -2.01. The van der Waals surface area contributed by atoms with Crippen molar-refractivity contribution in [3.63, 3.8) is 0 Å². The molecular weight excluding hydrogens is 188 g/mol. The summed E-state index contributed by atoms with van der Waals surface area (Å²) >= 11 is 0. The summed E-state index contributed by atoms with van der Waals surface area (Å²) in [7, 11) is 0. The molecule has 2 atom stereocenters. The lowest BCUT2D eigenvalue weighted by molar-refractivity contribution is 0.833. The average Bonchev–Trinajstić information content (AvgIpc) is 2.91. The highest BCUT2D eigenvalue weighted by Crippen LogP contribution is 2.45. The van der Waals surface area contributed by atoms with Crippen LogP contribution in [-0.2, 0) is 0 Å². The number of fused-ring (bicyclic) bond motifs is 1. The second kappa shape index (κ2) is 2.89. The van der Waals surface area contributed by atoms with Gasteiger partial charge in [0.2, 0.25) is 0 Å². The molecule has 1 N–H and O–H groups in total. The molecule has 1 aliphatic carbocycles. The number of nitrogens with one attached hydrogen (secondary N) is 1. The van der Waals surface area contributed by atoms with Crippen LogP contribution in [0.15, 0.2) is 18.2 Å². The Morgan fingerprint density at radius 2 is 2.40 bits per heavy atom. The molecule has 0 radical (unpaired) electrons. The monoisotopic (exact) mass is 200 g/mol. The summed E-state index contributed by atoms with van der Waals surface area (Å²) in [5.41, 5.74) is 2.09. The minimum absolute atomic E-state index is 0.403. The molecule has 0 amide bonds. The zero-order chi connectivity index (χ0) is 10.4. The highest BCUT2D eigenvalue weighted by atomic mass is 15.3. The maximum absolute atomic E-state index is 7.24. The normalized spacial score (nSPS) is 24.3. The number of pyridine rings is 1. The molecule has 2 aromatic rings. The van der Waals surface area contributed by atoms with Crippen molar-refractivity contribution in [1.82, 2.24) is 14.6 Å². The van der Waals surface area contributed by atoms with Crippen LogP contribution in [0.1, 0.15) is 23.9 Å². The fraction of sp³-hybridized carbons (Fsp3) is 0.364. The van der Waals surface area contributed by atoms with Crippen LogP contribution < -0.4 is 0 Å². The third-order valence-corrected chi connectivity index (χ3v) is 2.93. The largest absolute Gasteiger partial charge is 0.313 e. The van der Waals surface area contributed by atoms with Crippen molar-refractivity contribution in [2.24, 2.45) is 5.92 Å². The predicted molar refractivity (Wildman–Crippen MR) is 57.4 cm³/mol. The quantitative estimate of drug-likeness (QED) is 0.751. The summed E-state index contributed by atoms with van der Waals surface area (Å²) in [5, 5.41) is 11.6. The van der Waals surface area contributed by atoms with Gasteiger partial charge in [-0.2, -0.15) is 5.10 Å². The second-order valence-electron chi connectivity index (χ2n) is 4.05. The Kier molecular flexibility index (Phi) is 1.65. The fourth-order valence-electron chi connectivity index (χ4n) is 2.05. The topological polar surface area (TPSA) is 54.0 Å². The maximum Gasteiger partial charge on any atom is 0.155 e. The van der Waals surface area contributed by atoms with Crippen LogP contribution in [0.4, 0.5) is 0 Å². The minimum Gasteiger partial charge on any atom is -0.313 e. The van der Waals surface area contributed by atoms with Crippen molar-refractivity contribution in [2.45, 2.75) is 19.3 Å². The minimum atomic E-state index is 0.403. The number of rotatable bonds is 2. The first-order valence-electron chi connectivity index (χ1n) is 5.12. The molecule has 2 aromatic heterocycles. The molecule has 0 bridgehead atoms. The van der Waals surface area contributed by atoms with Crippen molar-refractivity contribution in [3.8, 4) is 0 Å². The van der Waals surface area contributed by atoms with E-state index >= 15 is 0 Å². The molecule has 76 valence electrons. The van der Waals surface area contributed by atoms with Gasteiger partial charge in [0.25, 0.3) is 0 Å². The first-order valence-corrected chi connectivity index (χ1v) is 5.12. The number of hydrogen-bond acceptors (Lipinski definition) is 3. The van der Waals surface area contributed by atoms with E-state index in [2.05, 4.69) is 16.1 Å². The number of hydrogen-bond donors (Lipinski definition) is 1. The van der Waals surface area contributed by atoms with Crippen molar-refractivity contribution in [1.29, 1.82) is 5.41 Å². The van der Waals surface area contributed by atoms with Crippen molar-refractivity contribution < 1.29 is 0 Å². The molecule has 2 unspecified atom stereocenters. The van der Waals surface area contributed by atoms with Gasteiger partial charge < -0.3 is 5.41 Å². The Hall–Kier alpha value is -1.71. The van der Waals surface area contributed by atoms with Gasteiger partial charge >= 0.3 is 0 Å². The SMILES string of the molecule is Cc1nc2cccc(C3CC3C=N)n2n1. The van der Waals surface area contributed by atoms with Crippen molar-refractivity contribution in [2.75, 3.05) is 0 Å². The van der Waals surface area contributed by atoms with Crippen LogP contribution in [0, 0.1) is 18.3 Å². The molecular formula is C11H12N4. The highest BCUT2D eigenvalue weighted by molar-refractivity contribution is 5.63. The summed E-state index contributed by atoms with van der Waals surface area (Å²) in [6.45, 7) is 1.90. The Balaban J connectivity index is 2.14. The molecule has 0 saturated heterocycles. The lowest BCUT2D eigenvalue weighted by Crippen LogP contribution is -1.97. The molecule has 1 aliphatic rings. The average molecular weight is 200 g/mol. The lowest BCUT2D eigenvalue weighted by atomic mass is 10.2. The van der Waals surface area contributed by atoms with Crippen LogP contribution in [0.5, 0.6) is 0 Å². The second-order valence-corrected chi connectivity index (χ2v) is 4.05. The molecule has 4 nitrogen and oxygen atoms in total. The summed E-state index contributed by atoms with van der Waals surface area (Å²) in [6, 6.07) is 6.05. The van der Waals surface area contributed by atoms with Gasteiger partial charge in [0.05, 0.1) is 0 Å². The fourth-order valence-corrected chi connectivity index (χ4v) is 2.05. The van der Waals surface area contributed by atoms with Crippen molar-refractivity contribution in [3.05, 3.63) is 29.7 Å². The summed E-state index contributed by atoms with van der Waals surface area (Å²) in [5.74, 6) is 1.67. The van der Waals surface area contributed by atoms with E-state index in [1.807, 2.05) is 23.6 Å². The van der Waals surface area contributed by atoms with Gasteiger partial charge in [0.15, 0.2) is 5.65 Å². The third-order valence-electron chi connectivity index (χ3n) is 2.93. The zero-order valence-electron chi connectivity index (χ0n) is 8.51. The Labute approximate surface area is 87.5 Å². The standard InChI is InChI=1S/C11H12N4/c1-7-13-11-4-2-3-10(15(11)14-7)9-5-8(9)6-12/h2-4,6,8-9,12H,5H2,1H3. The molecule has 4 heteroatoms. The van der Waals surface area contributed by atoms with E-state index in [1.54, 1.807) is 0 Å². The first kappa shape index (κ1) is 8.59. The Morgan fingerprint density at radius 1 is 1.53 bits per heavy atom. The molecule has 15 heavy (non-hydrogen) atoms. The van der Waals surface area contributed by atoms with Gasteiger partial charge in [-0.25, -0.2) is 9.50 Å². The summed E-state index contributed by atoms with van der Waals surface area (Å²) < 4.78 is 1.91. The molecule has 2 heterocycles. The van der Waals surface area contributed by atoms with Crippen molar-refractivity contribution >= 4 is 11.9 Å². The molecule has 3 rings (SSSR count). The smallest absolute Gasteiger partial charge is 0.155 e. The molecule has 0 aromatic carbocycles. The predicted octanol–water partition coefficient (Wildman–Crippen LogP) is 1.79. The zero-order valence-corrected chi connectivity index (χ0v) is 8.51. The van der Waals surface area contributed by atoms with Crippen LogP contribution in [-0.4, -0.2) is 20.8 Å². The van der Waals surface area contributed by atoms with E-state index in [9.17, 15) is 0 Å². The van der Waals surface area contributed by atoms with Crippen LogP contribution in [0.25, 0.3) is 5.65 Å². The van der Waals surface area contributed by atoms with Crippen LogP contribution >= 0.6 is 0 Å². The number of aryl methyl sites for hydroxylation is 1. The van der Waals surface area contributed by atoms with Crippen LogP contribution in [0.2, 0.25) is 0 Å². The van der Waals surface area contributed by atoms with E-state index in [0.717, 1.165) is 17.9 Å². The summed E-state index contributed by atoms with van der Waals surface area (Å²) in [4.78, 5) is 4.33. The first-order chi connectivity index (χ1) is 7.29. The Morgan fingerprint density at radius 3 is 3.13 bits per heavy atom. The molecule has 0 aliphatic heterocycles. The Bertz CT molecular complexity index is 528. The van der Waals surface area contributed by atoms with Gasteiger partial charge in [-0.1, -0.05) is 6.07 Å². The van der Waals surface area contributed by atoms with Gasteiger partial charge in [0, 0.05) is 17.5 Å². The van der Waals surface area contributed by atoms with E-state index in [4.69, 9.17) is 5.41 Å². The van der Waals surface area contributed by atoms with E-state index < -0.39 is 0 Å². The molecule has 0 spiro atoms. The van der Waals surface area contributed by atoms with Gasteiger partial charge in [-0.15, -0.1) is 0 Å². The third kappa shape index (κ3) is 1.25. The number of nitrogens with zero attached hydrogens (tertiary/aromatic N) is 3. The molecule has 1 saturated carbocycles.